The normalized spacial score (nSPS) is 13.7. The number of carbonyl (C=O) groups is 2. The third-order valence-corrected chi connectivity index (χ3v) is 7.17. The second-order valence-electron chi connectivity index (χ2n) is 7.64. The maximum atomic E-state index is 13.6. The van der Waals surface area contributed by atoms with Crippen LogP contribution in [0.15, 0.2) is 60.0 Å². The molecule has 0 aliphatic rings. The molecule has 0 spiro atoms. The van der Waals surface area contributed by atoms with E-state index in [2.05, 4.69) is 20.5 Å². The number of rotatable bonds is 9. The molecule has 0 saturated carbocycles. The van der Waals surface area contributed by atoms with Crippen LogP contribution in [-0.2, 0) is 9.59 Å². The van der Waals surface area contributed by atoms with Crippen LogP contribution in [0.5, 0.6) is 0 Å². The Morgan fingerprint density at radius 3 is 2.48 bits per heavy atom. The first-order chi connectivity index (χ1) is 15.8. The fraction of sp³-hybridized carbons (Fsp3) is 0.304. The smallest absolute Gasteiger partial charge is 0.246 e. The Labute approximate surface area is 207 Å². The first-order valence-corrected chi connectivity index (χ1v) is 12.1. The number of nitrogens with zero attached hydrogens (tertiary/aromatic N) is 3. The van der Waals surface area contributed by atoms with E-state index >= 15 is 0 Å². The zero-order valence-electron chi connectivity index (χ0n) is 18.5. The number of H-pyrrole nitrogens is 1. The van der Waals surface area contributed by atoms with Crippen LogP contribution < -0.4 is 5.32 Å². The standard InChI is InChI=1S/C23H25Cl2N5O2S/c1-4-23(2,30(3)19(31)13-33-22-26-14-27-29-22)21(32)28-20(15-9-11-16(24)12-10-15)17-7-5-6-8-18(17)25/h5-12,14,20H,4,13H2,1-3H3,(H,28,32)(H,26,27,29)/t20-,23-/m0/s1. The molecule has 7 nitrogen and oxygen atoms in total. The second-order valence-corrected chi connectivity index (χ2v) is 9.45. The number of nitrogens with one attached hydrogen (secondary N) is 2. The molecular formula is C23H25Cl2N5O2S. The lowest BCUT2D eigenvalue weighted by Crippen LogP contribution is -2.58. The van der Waals surface area contributed by atoms with Gasteiger partial charge in [-0.25, -0.2) is 4.98 Å². The van der Waals surface area contributed by atoms with Crippen LogP contribution in [0, 0.1) is 0 Å². The Morgan fingerprint density at radius 2 is 1.88 bits per heavy atom. The molecule has 2 amide bonds. The summed E-state index contributed by atoms with van der Waals surface area (Å²) >= 11 is 13.8. The zero-order valence-corrected chi connectivity index (χ0v) is 20.8. The number of amides is 2. The minimum absolute atomic E-state index is 0.125. The van der Waals surface area contributed by atoms with E-state index in [1.165, 1.54) is 23.0 Å². The van der Waals surface area contributed by atoms with Gasteiger partial charge in [-0.3, -0.25) is 14.7 Å². The van der Waals surface area contributed by atoms with Crippen LogP contribution in [0.25, 0.3) is 0 Å². The molecule has 1 aromatic heterocycles. The van der Waals surface area contributed by atoms with Gasteiger partial charge in [0, 0.05) is 17.1 Å². The lowest BCUT2D eigenvalue weighted by Gasteiger charge is -2.38. The summed E-state index contributed by atoms with van der Waals surface area (Å²) in [5.74, 6) is -0.360. The molecule has 0 aliphatic carbocycles. The van der Waals surface area contributed by atoms with Crippen LogP contribution in [0.1, 0.15) is 37.4 Å². The minimum Gasteiger partial charge on any atom is -0.343 e. The first kappa shape index (κ1) is 25.1. The summed E-state index contributed by atoms with van der Waals surface area (Å²) in [6.07, 6.45) is 1.80. The molecule has 3 rings (SSSR count). The van der Waals surface area contributed by atoms with Crippen molar-refractivity contribution in [2.75, 3.05) is 12.8 Å². The molecule has 0 radical (unpaired) electrons. The summed E-state index contributed by atoms with van der Waals surface area (Å²) in [5.41, 5.74) is 0.502. The van der Waals surface area contributed by atoms with Crippen molar-refractivity contribution in [1.82, 2.24) is 25.4 Å². The van der Waals surface area contributed by atoms with E-state index in [0.29, 0.717) is 21.6 Å². The Bertz CT molecular complexity index is 1090. The van der Waals surface area contributed by atoms with Gasteiger partial charge in [-0.15, -0.1) is 0 Å². The monoisotopic (exact) mass is 505 g/mol. The van der Waals surface area contributed by atoms with Gasteiger partial charge in [0.05, 0.1) is 11.8 Å². The molecule has 2 N–H and O–H groups in total. The quantitative estimate of drug-likeness (QED) is 0.410. The van der Waals surface area contributed by atoms with Gasteiger partial charge >= 0.3 is 0 Å². The predicted molar refractivity (Wildman–Crippen MR) is 131 cm³/mol. The van der Waals surface area contributed by atoms with Gasteiger partial charge in [-0.1, -0.05) is 72.2 Å². The Balaban J connectivity index is 1.84. The number of hydrogen-bond donors (Lipinski definition) is 2. The fourth-order valence-electron chi connectivity index (χ4n) is 3.31. The van der Waals surface area contributed by atoms with E-state index in [1.54, 1.807) is 32.2 Å². The number of hydrogen-bond acceptors (Lipinski definition) is 5. The number of carbonyl (C=O) groups excluding carboxylic acids is 2. The van der Waals surface area contributed by atoms with E-state index in [-0.39, 0.29) is 17.6 Å². The topological polar surface area (TPSA) is 91.0 Å². The number of likely N-dealkylation sites (N-methyl/N-ethyl adjacent to an activating group) is 1. The molecule has 33 heavy (non-hydrogen) atoms. The van der Waals surface area contributed by atoms with Gasteiger partial charge in [0.25, 0.3) is 0 Å². The maximum Gasteiger partial charge on any atom is 0.246 e. The van der Waals surface area contributed by atoms with Crippen LogP contribution in [0.2, 0.25) is 10.0 Å². The highest BCUT2D eigenvalue weighted by atomic mass is 35.5. The van der Waals surface area contributed by atoms with E-state index in [0.717, 1.165) is 11.1 Å². The average molecular weight is 506 g/mol. The fourth-order valence-corrected chi connectivity index (χ4v) is 4.37. The molecule has 2 aromatic carbocycles. The van der Waals surface area contributed by atoms with E-state index < -0.39 is 11.6 Å². The summed E-state index contributed by atoms with van der Waals surface area (Å²) in [5, 5.41) is 11.3. The maximum absolute atomic E-state index is 13.6. The molecule has 0 fully saturated rings. The van der Waals surface area contributed by atoms with Gasteiger partial charge in [0.15, 0.2) is 5.16 Å². The van der Waals surface area contributed by atoms with Crippen molar-refractivity contribution in [3.05, 3.63) is 76.0 Å². The van der Waals surface area contributed by atoms with Crippen molar-refractivity contribution in [2.45, 2.75) is 37.0 Å². The zero-order chi connectivity index (χ0) is 24.0. The predicted octanol–water partition coefficient (Wildman–Crippen LogP) is 4.74. The van der Waals surface area contributed by atoms with Crippen LogP contribution in [-0.4, -0.2) is 50.2 Å². The van der Waals surface area contributed by atoms with Crippen molar-refractivity contribution in [3.63, 3.8) is 0 Å². The summed E-state index contributed by atoms with van der Waals surface area (Å²) in [6, 6.07) is 14.1. The lowest BCUT2D eigenvalue weighted by atomic mass is 9.92. The molecule has 174 valence electrons. The van der Waals surface area contributed by atoms with E-state index in [1.807, 2.05) is 37.3 Å². The minimum atomic E-state index is -1.08. The summed E-state index contributed by atoms with van der Waals surface area (Å²) < 4.78 is 0. The molecule has 10 heteroatoms. The molecule has 0 aliphatic heterocycles. The average Bonchev–Trinajstić information content (AvgIpc) is 3.34. The largest absolute Gasteiger partial charge is 0.343 e. The van der Waals surface area contributed by atoms with Gasteiger partial charge in [-0.05, 0) is 42.7 Å². The van der Waals surface area contributed by atoms with E-state index in [4.69, 9.17) is 23.2 Å². The lowest BCUT2D eigenvalue weighted by molar-refractivity contribution is -0.144. The van der Waals surface area contributed by atoms with Gasteiger partial charge in [0.1, 0.15) is 11.9 Å². The highest BCUT2D eigenvalue weighted by molar-refractivity contribution is 7.99. The third-order valence-electron chi connectivity index (χ3n) is 5.71. The molecule has 0 saturated heterocycles. The Morgan fingerprint density at radius 1 is 1.18 bits per heavy atom. The molecular weight excluding hydrogens is 481 g/mol. The van der Waals surface area contributed by atoms with Crippen molar-refractivity contribution in [2.24, 2.45) is 0 Å². The SMILES string of the molecule is CC[C@@](C)(C(=O)N[C@@H](c1ccc(Cl)cc1)c1ccccc1Cl)N(C)C(=O)CSc1ncn[nH]1. The Hall–Kier alpha value is -2.55. The third kappa shape index (κ3) is 5.88. The highest BCUT2D eigenvalue weighted by Crippen LogP contribution is 2.31. The summed E-state index contributed by atoms with van der Waals surface area (Å²) in [6.45, 7) is 3.63. The second kappa shape index (κ2) is 11.0. The number of thioether (sulfide) groups is 1. The van der Waals surface area contributed by atoms with Crippen molar-refractivity contribution < 1.29 is 9.59 Å². The van der Waals surface area contributed by atoms with Crippen LogP contribution >= 0.6 is 35.0 Å². The molecule has 3 aromatic rings. The number of halogens is 2. The summed E-state index contributed by atoms with van der Waals surface area (Å²) in [4.78, 5) is 32.0. The van der Waals surface area contributed by atoms with Gasteiger partial charge < -0.3 is 10.2 Å². The van der Waals surface area contributed by atoms with Crippen LogP contribution in [0.3, 0.4) is 0 Å². The molecule has 0 unspecified atom stereocenters. The van der Waals surface area contributed by atoms with Crippen molar-refractivity contribution >= 4 is 46.8 Å². The summed E-state index contributed by atoms with van der Waals surface area (Å²) in [7, 11) is 1.64. The Kier molecular flexibility index (Phi) is 8.40. The van der Waals surface area contributed by atoms with Gasteiger partial charge in [-0.2, -0.15) is 5.10 Å². The van der Waals surface area contributed by atoms with Crippen molar-refractivity contribution in [3.8, 4) is 0 Å². The number of aromatic nitrogens is 3. The van der Waals surface area contributed by atoms with Crippen molar-refractivity contribution in [1.29, 1.82) is 0 Å². The molecule has 2 atom stereocenters. The first-order valence-electron chi connectivity index (χ1n) is 10.3. The van der Waals surface area contributed by atoms with Gasteiger partial charge in [0.2, 0.25) is 11.8 Å². The van der Waals surface area contributed by atoms with Crippen LogP contribution in [0.4, 0.5) is 0 Å². The number of benzene rings is 2. The molecule has 1 heterocycles. The highest BCUT2D eigenvalue weighted by Gasteiger charge is 2.39. The number of aromatic amines is 1. The van der Waals surface area contributed by atoms with E-state index in [9.17, 15) is 9.59 Å². The molecule has 0 bridgehead atoms.